The Morgan fingerprint density at radius 2 is 2.12 bits per heavy atom. The number of fused-ring (bicyclic) bond motifs is 4. The molecule has 1 N–H and O–H groups in total. The minimum atomic E-state index is -0.487. The molecule has 1 saturated heterocycles. The number of hydrogen-bond donors (Lipinski definition) is 1. The van der Waals surface area contributed by atoms with E-state index in [4.69, 9.17) is 9.47 Å². The van der Waals surface area contributed by atoms with Gasteiger partial charge in [-0.25, -0.2) is 9.59 Å². The number of anilines is 2. The number of ether oxygens (including phenoxy) is 2. The number of rotatable bonds is 0. The highest BCUT2D eigenvalue weighted by Crippen LogP contribution is 2.37. The quantitative estimate of drug-likeness (QED) is 0.727. The van der Waals surface area contributed by atoms with Gasteiger partial charge in [-0.2, -0.15) is 0 Å². The summed E-state index contributed by atoms with van der Waals surface area (Å²) in [5.74, 6) is -0.253. The highest BCUT2D eigenvalue weighted by molar-refractivity contribution is 5.96. The van der Waals surface area contributed by atoms with Crippen LogP contribution in [0.25, 0.3) is 0 Å². The molecule has 0 bridgehead atoms. The van der Waals surface area contributed by atoms with Gasteiger partial charge in [0.25, 0.3) is 0 Å². The van der Waals surface area contributed by atoms with Crippen LogP contribution in [0, 0.1) is 0 Å². The van der Waals surface area contributed by atoms with E-state index in [2.05, 4.69) is 10.2 Å². The Balaban J connectivity index is 1.53. The van der Waals surface area contributed by atoms with Gasteiger partial charge in [-0.3, -0.25) is 0 Å². The average Bonchev–Trinajstić information content (AvgIpc) is 2.91. The Morgan fingerprint density at radius 3 is 2.88 bits per heavy atom. The molecule has 1 unspecified atom stereocenters. The molecule has 1 aromatic carbocycles. The molecule has 3 aliphatic heterocycles. The molecule has 134 valence electrons. The summed E-state index contributed by atoms with van der Waals surface area (Å²) in [6.45, 7) is 8.68. The third-order valence-corrected chi connectivity index (χ3v) is 4.77. The SMILES string of the molecule is CC(C)(C)OC(=O)N1CCN2c3cc4c(cc3NCC2C1)C(=O)OC4. The largest absolute Gasteiger partial charge is 0.457 e. The Kier molecular flexibility index (Phi) is 3.56. The monoisotopic (exact) mass is 345 g/mol. The van der Waals surface area contributed by atoms with Crippen molar-refractivity contribution in [2.75, 3.05) is 36.4 Å². The first kappa shape index (κ1) is 16.1. The van der Waals surface area contributed by atoms with Crippen molar-refractivity contribution in [3.63, 3.8) is 0 Å². The number of benzene rings is 1. The van der Waals surface area contributed by atoms with Crippen LogP contribution in [0.5, 0.6) is 0 Å². The van der Waals surface area contributed by atoms with Crippen LogP contribution >= 0.6 is 0 Å². The number of nitrogens with one attached hydrogen (secondary N) is 1. The van der Waals surface area contributed by atoms with Crippen molar-refractivity contribution in [3.05, 3.63) is 23.3 Å². The normalized spacial score (nSPS) is 21.7. The lowest BCUT2D eigenvalue weighted by atomic mass is 10.0. The number of piperazine rings is 1. The summed E-state index contributed by atoms with van der Waals surface area (Å²) in [5, 5.41) is 3.39. The Morgan fingerprint density at radius 1 is 1.32 bits per heavy atom. The van der Waals surface area contributed by atoms with Gasteiger partial charge in [-0.05, 0) is 32.9 Å². The van der Waals surface area contributed by atoms with E-state index >= 15 is 0 Å². The lowest BCUT2D eigenvalue weighted by Gasteiger charge is -2.46. The molecule has 1 atom stereocenters. The summed E-state index contributed by atoms with van der Waals surface area (Å²) < 4.78 is 10.6. The third-order valence-electron chi connectivity index (χ3n) is 4.77. The summed E-state index contributed by atoms with van der Waals surface area (Å²) in [5.41, 5.74) is 3.13. The minimum absolute atomic E-state index is 0.185. The average molecular weight is 345 g/mol. The van der Waals surface area contributed by atoms with Crippen molar-refractivity contribution in [2.24, 2.45) is 0 Å². The van der Waals surface area contributed by atoms with Crippen molar-refractivity contribution in [2.45, 2.75) is 39.0 Å². The van der Waals surface area contributed by atoms with E-state index in [-0.39, 0.29) is 18.1 Å². The Labute approximate surface area is 146 Å². The maximum atomic E-state index is 12.3. The first-order valence-corrected chi connectivity index (χ1v) is 8.64. The van der Waals surface area contributed by atoms with E-state index in [0.717, 1.165) is 30.0 Å². The van der Waals surface area contributed by atoms with Crippen LogP contribution in [0.4, 0.5) is 16.2 Å². The van der Waals surface area contributed by atoms with Gasteiger partial charge in [0.2, 0.25) is 0 Å². The fourth-order valence-corrected chi connectivity index (χ4v) is 3.61. The number of carbonyl (C=O) groups is 2. The molecule has 1 fully saturated rings. The fourth-order valence-electron chi connectivity index (χ4n) is 3.61. The van der Waals surface area contributed by atoms with Gasteiger partial charge in [0.05, 0.1) is 23.0 Å². The standard InChI is InChI=1S/C18H23N3O4/c1-18(2,3)25-17(23)20-4-5-21-12(9-20)8-19-14-7-13-11(6-15(14)21)10-24-16(13)22/h6-7,12,19H,4-5,8-10H2,1-3H3. The number of esters is 1. The Bertz CT molecular complexity index is 741. The van der Waals surface area contributed by atoms with Crippen LogP contribution in [0.3, 0.4) is 0 Å². The van der Waals surface area contributed by atoms with Gasteiger partial charge < -0.3 is 24.6 Å². The molecule has 1 amide bonds. The number of carbonyl (C=O) groups excluding carboxylic acids is 2. The highest BCUT2D eigenvalue weighted by Gasteiger charge is 2.36. The second kappa shape index (κ2) is 5.54. The van der Waals surface area contributed by atoms with Gasteiger partial charge in [0.1, 0.15) is 12.2 Å². The zero-order valence-electron chi connectivity index (χ0n) is 14.8. The van der Waals surface area contributed by atoms with Crippen LogP contribution in [-0.4, -0.2) is 54.8 Å². The molecule has 7 nitrogen and oxygen atoms in total. The molecule has 0 radical (unpaired) electrons. The summed E-state index contributed by atoms with van der Waals surface area (Å²) >= 11 is 0. The van der Waals surface area contributed by atoms with Crippen molar-refractivity contribution in [1.29, 1.82) is 0 Å². The lowest BCUT2D eigenvalue weighted by molar-refractivity contribution is 0.0216. The van der Waals surface area contributed by atoms with Crippen LogP contribution < -0.4 is 10.2 Å². The first-order chi connectivity index (χ1) is 11.8. The second-order valence-corrected chi connectivity index (χ2v) is 7.76. The summed E-state index contributed by atoms with van der Waals surface area (Å²) in [4.78, 5) is 28.2. The van der Waals surface area contributed by atoms with E-state index in [9.17, 15) is 9.59 Å². The molecular formula is C18H23N3O4. The van der Waals surface area contributed by atoms with E-state index in [0.29, 0.717) is 25.3 Å². The number of hydrogen-bond acceptors (Lipinski definition) is 6. The molecule has 3 heterocycles. The zero-order chi connectivity index (χ0) is 17.8. The van der Waals surface area contributed by atoms with E-state index in [1.807, 2.05) is 32.9 Å². The van der Waals surface area contributed by atoms with Gasteiger partial charge in [0.15, 0.2) is 0 Å². The van der Waals surface area contributed by atoms with Crippen LogP contribution in [0.15, 0.2) is 12.1 Å². The molecule has 3 aliphatic rings. The van der Waals surface area contributed by atoms with Gasteiger partial charge in [-0.1, -0.05) is 0 Å². The van der Waals surface area contributed by atoms with Crippen molar-refractivity contribution in [1.82, 2.24) is 4.90 Å². The number of cyclic esters (lactones) is 1. The van der Waals surface area contributed by atoms with Crippen molar-refractivity contribution < 1.29 is 19.1 Å². The molecule has 7 heteroatoms. The highest BCUT2D eigenvalue weighted by atomic mass is 16.6. The van der Waals surface area contributed by atoms with Gasteiger partial charge >= 0.3 is 12.1 Å². The van der Waals surface area contributed by atoms with Crippen molar-refractivity contribution >= 4 is 23.4 Å². The molecule has 1 aromatic rings. The molecule has 0 saturated carbocycles. The second-order valence-electron chi connectivity index (χ2n) is 7.76. The van der Waals surface area contributed by atoms with E-state index in [1.165, 1.54) is 0 Å². The lowest BCUT2D eigenvalue weighted by Crippen LogP contribution is -2.59. The van der Waals surface area contributed by atoms with Gasteiger partial charge in [-0.15, -0.1) is 0 Å². The summed E-state index contributed by atoms with van der Waals surface area (Å²) in [7, 11) is 0. The molecule has 0 aliphatic carbocycles. The molecular weight excluding hydrogens is 322 g/mol. The van der Waals surface area contributed by atoms with Crippen LogP contribution in [0.2, 0.25) is 0 Å². The number of nitrogens with zero attached hydrogens (tertiary/aromatic N) is 2. The maximum Gasteiger partial charge on any atom is 0.410 e. The smallest absolute Gasteiger partial charge is 0.410 e. The first-order valence-electron chi connectivity index (χ1n) is 8.64. The fraction of sp³-hybridized carbons (Fsp3) is 0.556. The molecule has 25 heavy (non-hydrogen) atoms. The Hall–Kier alpha value is -2.44. The van der Waals surface area contributed by atoms with E-state index < -0.39 is 5.60 Å². The summed E-state index contributed by atoms with van der Waals surface area (Å²) in [6.07, 6.45) is -0.258. The van der Waals surface area contributed by atoms with Crippen molar-refractivity contribution in [3.8, 4) is 0 Å². The zero-order valence-corrected chi connectivity index (χ0v) is 14.8. The topological polar surface area (TPSA) is 71.1 Å². The van der Waals surface area contributed by atoms with E-state index in [1.54, 1.807) is 4.90 Å². The molecule has 0 spiro atoms. The maximum absolute atomic E-state index is 12.3. The number of amides is 1. The van der Waals surface area contributed by atoms with Crippen LogP contribution in [0.1, 0.15) is 36.7 Å². The van der Waals surface area contributed by atoms with Gasteiger partial charge in [0, 0.05) is 31.7 Å². The minimum Gasteiger partial charge on any atom is -0.457 e. The third kappa shape index (κ3) is 2.88. The summed E-state index contributed by atoms with van der Waals surface area (Å²) in [6, 6.07) is 4.11. The van der Waals surface area contributed by atoms with Crippen LogP contribution in [-0.2, 0) is 16.1 Å². The molecule has 4 rings (SSSR count). The predicted molar refractivity (Wildman–Crippen MR) is 93.0 cm³/mol. The predicted octanol–water partition coefficient (Wildman–Crippen LogP) is 2.21. The molecule has 0 aromatic heterocycles.